The number of nitrogens with two attached hydrogens (primary N) is 1. The van der Waals surface area contributed by atoms with E-state index in [4.69, 9.17) is 10.5 Å². The zero-order chi connectivity index (χ0) is 15.0. The van der Waals surface area contributed by atoms with Crippen molar-refractivity contribution in [3.05, 3.63) is 24.3 Å². The molecule has 20 heavy (non-hydrogen) atoms. The second-order valence-electron chi connectivity index (χ2n) is 4.54. The summed E-state index contributed by atoms with van der Waals surface area (Å²) in [6, 6.07) is 6.88. The third-order valence-electron chi connectivity index (χ3n) is 2.61. The molecule has 1 aromatic carbocycles. The Morgan fingerprint density at radius 1 is 1.25 bits per heavy atom. The van der Waals surface area contributed by atoms with Gasteiger partial charge in [0, 0.05) is 26.2 Å². The van der Waals surface area contributed by atoms with Crippen molar-refractivity contribution in [2.24, 2.45) is 5.73 Å². The first-order valence-corrected chi connectivity index (χ1v) is 6.46. The number of likely N-dealkylation sites (N-methyl/N-ethyl adjacent to an activating group) is 1. The van der Waals surface area contributed by atoms with E-state index in [0.29, 0.717) is 30.8 Å². The molecule has 3 N–H and O–H groups in total. The van der Waals surface area contributed by atoms with Crippen molar-refractivity contribution in [2.75, 3.05) is 32.6 Å². The first kappa shape index (κ1) is 16.0. The molecule has 0 aliphatic heterocycles. The Hall–Kier alpha value is -2.08. The quantitative estimate of drug-likeness (QED) is 0.774. The van der Waals surface area contributed by atoms with Gasteiger partial charge in [0.05, 0.1) is 0 Å². The molecule has 0 saturated heterocycles. The number of anilines is 1. The van der Waals surface area contributed by atoms with E-state index < -0.39 is 0 Å². The summed E-state index contributed by atoms with van der Waals surface area (Å²) in [6.07, 6.45) is 1.08. The molecule has 0 unspecified atom stereocenters. The van der Waals surface area contributed by atoms with Crippen molar-refractivity contribution in [3.8, 4) is 5.75 Å². The largest absolute Gasteiger partial charge is 0.484 e. The molecule has 0 aliphatic carbocycles. The van der Waals surface area contributed by atoms with Crippen LogP contribution in [0.4, 0.5) is 5.69 Å². The number of nitrogens with one attached hydrogen (secondary N) is 1. The van der Waals surface area contributed by atoms with Gasteiger partial charge >= 0.3 is 0 Å². The van der Waals surface area contributed by atoms with Crippen molar-refractivity contribution < 1.29 is 14.3 Å². The maximum absolute atomic E-state index is 11.5. The smallest absolute Gasteiger partial charge is 0.259 e. The average Bonchev–Trinajstić information content (AvgIpc) is 2.43. The molecule has 1 rings (SSSR count). The topological polar surface area (TPSA) is 84.7 Å². The normalized spacial score (nSPS) is 9.95. The lowest BCUT2D eigenvalue weighted by molar-refractivity contribution is -0.130. The molecule has 0 aliphatic rings. The van der Waals surface area contributed by atoms with Gasteiger partial charge in [0.1, 0.15) is 5.75 Å². The summed E-state index contributed by atoms with van der Waals surface area (Å²) in [6.45, 7) is 0.495. The van der Waals surface area contributed by atoms with E-state index in [1.807, 2.05) is 0 Å². The molecule has 110 valence electrons. The van der Waals surface area contributed by atoms with Gasteiger partial charge < -0.3 is 20.7 Å². The van der Waals surface area contributed by atoms with Crippen molar-refractivity contribution in [3.63, 3.8) is 0 Å². The van der Waals surface area contributed by atoms with Crippen LogP contribution in [0.3, 0.4) is 0 Å². The Labute approximate surface area is 118 Å². The van der Waals surface area contributed by atoms with Gasteiger partial charge in [-0.3, -0.25) is 9.59 Å². The Morgan fingerprint density at radius 2 is 1.90 bits per heavy atom. The van der Waals surface area contributed by atoms with Crippen LogP contribution >= 0.6 is 0 Å². The van der Waals surface area contributed by atoms with Crippen LogP contribution in [0, 0.1) is 0 Å². The first-order valence-electron chi connectivity index (χ1n) is 6.46. The predicted octanol–water partition coefficient (Wildman–Crippen LogP) is 0.831. The molecule has 0 aromatic heterocycles. The van der Waals surface area contributed by atoms with Gasteiger partial charge in [-0.15, -0.1) is 0 Å². The molecule has 0 saturated carbocycles. The monoisotopic (exact) mass is 279 g/mol. The number of benzene rings is 1. The highest BCUT2D eigenvalue weighted by molar-refractivity contribution is 5.90. The Bertz CT molecular complexity index is 443. The zero-order valence-electron chi connectivity index (χ0n) is 11.9. The number of carbonyl (C=O) groups excluding carboxylic acids is 2. The lowest BCUT2D eigenvalue weighted by Gasteiger charge is -2.11. The summed E-state index contributed by atoms with van der Waals surface area (Å²) in [4.78, 5) is 24.3. The Kier molecular flexibility index (Phi) is 6.52. The molecule has 1 aromatic rings. The van der Waals surface area contributed by atoms with E-state index in [-0.39, 0.29) is 18.4 Å². The minimum atomic E-state index is -0.107. The van der Waals surface area contributed by atoms with Crippen LogP contribution in [0.5, 0.6) is 5.75 Å². The number of carbonyl (C=O) groups is 2. The second-order valence-corrected chi connectivity index (χ2v) is 4.54. The summed E-state index contributed by atoms with van der Waals surface area (Å²) < 4.78 is 5.33. The van der Waals surface area contributed by atoms with Gasteiger partial charge in [-0.25, -0.2) is 0 Å². The van der Waals surface area contributed by atoms with Crippen molar-refractivity contribution in [2.45, 2.75) is 12.8 Å². The standard InChI is InChI=1S/C14H21N3O3/c1-17(2)14(19)10-20-12-7-5-11(6-8-12)16-13(18)4-3-9-15/h5-8H,3-4,9-10,15H2,1-2H3,(H,16,18). The van der Waals surface area contributed by atoms with Gasteiger partial charge in [-0.1, -0.05) is 0 Å². The highest BCUT2D eigenvalue weighted by Crippen LogP contribution is 2.16. The van der Waals surface area contributed by atoms with Gasteiger partial charge in [-0.05, 0) is 37.2 Å². The van der Waals surface area contributed by atoms with E-state index >= 15 is 0 Å². The summed E-state index contributed by atoms with van der Waals surface area (Å²) in [7, 11) is 3.34. The van der Waals surface area contributed by atoms with Crippen molar-refractivity contribution in [1.29, 1.82) is 0 Å². The maximum Gasteiger partial charge on any atom is 0.259 e. The Morgan fingerprint density at radius 3 is 2.45 bits per heavy atom. The van der Waals surface area contributed by atoms with Crippen LogP contribution in [0.25, 0.3) is 0 Å². The molecular weight excluding hydrogens is 258 g/mol. The molecule has 0 bridgehead atoms. The molecule has 0 radical (unpaired) electrons. The van der Waals surface area contributed by atoms with Crippen molar-refractivity contribution in [1.82, 2.24) is 4.90 Å². The SMILES string of the molecule is CN(C)C(=O)COc1ccc(NC(=O)CCCN)cc1. The summed E-state index contributed by atoms with van der Waals surface area (Å²) in [5, 5.41) is 2.76. The van der Waals surface area contributed by atoms with E-state index in [1.54, 1.807) is 38.4 Å². The first-order chi connectivity index (χ1) is 9.52. The number of hydrogen-bond donors (Lipinski definition) is 2. The van der Waals surface area contributed by atoms with Gasteiger partial charge in [0.25, 0.3) is 5.91 Å². The summed E-state index contributed by atoms with van der Waals surface area (Å²) in [5.41, 5.74) is 6.03. The van der Waals surface area contributed by atoms with Crippen LogP contribution in [-0.2, 0) is 9.59 Å². The number of ether oxygens (including phenoxy) is 1. The zero-order valence-corrected chi connectivity index (χ0v) is 11.9. The van der Waals surface area contributed by atoms with Crippen LogP contribution in [0.1, 0.15) is 12.8 Å². The Balaban J connectivity index is 2.44. The minimum absolute atomic E-state index is 0.00476. The van der Waals surface area contributed by atoms with E-state index in [1.165, 1.54) is 4.90 Å². The highest BCUT2D eigenvalue weighted by atomic mass is 16.5. The van der Waals surface area contributed by atoms with E-state index in [9.17, 15) is 9.59 Å². The van der Waals surface area contributed by atoms with Crippen LogP contribution in [0.2, 0.25) is 0 Å². The minimum Gasteiger partial charge on any atom is -0.484 e. The molecular formula is C14H21N3O3. The van der Waals surface area contributed by atoms with Crippen LogP contribution in [-0.4, -0.2) is 44.0 Å². The highest BCUT2D eigenvalue weighted by Gasteiger charge is 2.05. The average molecular weight is 279 g/mol. The van der Waals surface area contributed by atoms with Gasteiger partial charge in [-0.2, -0.15) is 0 Å². The summed E-state index contributed by atoms with van der Waals surface area (Å²) in [5.74, 6) is 0.413. The molecule has 2 amide bonds. The lowest BCUT2D eigenvalue weighted by Crippen LogP contribution is -2.27. The number of hydrogen-bond acceptors (Lipinski definition) is 4. The molecule has 0 spiro atoms. The van der Waals surface area contributed by atoms with Crippen LogP contribution in [0.15, 0.2) is 24.3 Å². The summed E-state index contributed by atoms with van der Waals surface area (Å²) >= 11 is 0. The second kappa shape index (κ2) is 8.16. The number of nitrogens with zero attached hydrogens (tertiary/aromatic N) is 1. The van der Waals surface area contributed by atoms with Gasteiger partial charge in [0.15, 0.2) is 6.61 Å². The fraction of sp³-hybridized carbons (Fsp3) is 0.429. The number of rotatable bonds is 7. The molecule has 0 heterocycles. The third-order valence-corrected chi connectivity index (χ3v) is 2.61. The molecule has 6 nitrogen and oxygen atoms in total. The number of amides is 2. The van der Waals surface area contributed by atoms with Crippen LogP contribution < -0.4 is 15.8 Å². The third kappa shape index (κ3) is 5.71. The fourth-order valence-electron chi connectivity index (χ4n) is 1.39. The fourth-order valence-corrected chi connectivity index (χ4v) is 1.39. The maximum atomic E-state index is 11.5. The van der Waals surface area contributed by atoms with Gasteiger partial charge in [0.2, 0.25) is 5.91 Å². The van der Waals surface area contributed by atoms with E-state index in [2.05, 4.69) is 5.32 Å². The lowest BCUT2D eigenvalue weighted by atomic mass is 10.2. The molecule has 6 heteroatoms. The van der Waals surface area contributed by atoms with E-state index in [0.717, 1.165) is 0 Å². The molecule has 0 fully saturated rings. The molecule has 0 atom stereocenters. The van der Waals surface area contributed by atoms with Crippen molar-refractivity contribution >= 4 is 17.5 Å². The predicted molar refractivity (Wildman–Crippen MR) is 77.5 cm³/mol.